The molecule has 3 nitrogen and oxygen atoms in total. The number of likely N-dealkylation sites (tertiary alicyclic amines) is 1. The summed E-state index contributed by atoms with van der Waals surface area (Å²) in [6.07, 6.45) is 1.93. The average Bonchev–Trinajstić information content (AvgIpc) is 2.41. The molecule has 98 valence electrons. The fraction of sp³-hybridized carbons (Fsp3) is 0.462. The molecule has 1 aromatic carbocycles. The van der Waals surface area contributed by atoms with E-state index in [1.54, 1.807) is 12.0 Å². The number of ether oxygens (including phenoxy) is 1. The number of benzene rings is 1. The zero-order chi connectivity index (χ0) is 13.1. The Bertz CT molecular complexity index is 445. The monoisotopic (exact) mass is 269 g/mol. The highest BCUT2D eigenvalue weighted by atomic mass is 32.1. The minimum atomic E-state index is -0.409. The Kier molecular flexibility index (Phi) is 4.24. The van der Waals surface area contributed by atoms with Gasteiger partial charge in [-0.3, -0.25) is 4.79 Å². The maximum Gasteiger partial charge on any atom is 0.253 e. The number of carbonyl (C=O) groups excluding carboxylic acids is 1. The fourth-order valence-corrected chi connectivity index (χ4v) is 2.34. The summed E-state index contributed by atoms with van der Waals surface area (Å²) in [6, 6.07) is 4.25. The summed E-state index contributed by atoms with van der Waals surface area (Å²) >= 11 is 3.99. The van der Waals surface area contributed by atoms with Crippen molar-refractivity contribution in [3.63, 3.8) is 0 Å². The highest BCUT2D eigenvalue weighted by Gasteiger charge is 2.23. The quantitative estimate of drug-likeness (QED) is 0.835. The van der Waals surface area contributed by atoms with Gasteiger partial charge in [-0.05, 0) is 31.0 Å². The van der Waals surface area contributed by atoms with Gasteiger partial charge >= 0.3 is 0 Å². The van der Waals surface area contributed by atoms with Gasteiger partial charge in [-0.2, -0.15) is 0 Å². The van der Waals surface area contributed by atoms with Crippen molar-refractivity contribution in [2.24, 2.45) is 0 Å². The van der Waals surface area contributed by atoms with Gasteiger partial charge in [0.05, 0.1) is 6.10 Å². The normalized spacial score (nSPS) is 16.9. The van der Waals surface area contributed by atoms with Crippen LogP contribution in [0.3, 0.4) is 0 Å². The molecule has 1 fully saturated rings. The van der Waals surface area contributed by atoms with Crippen LogP contribution < -0.4 is 0 Å². The minimum Gasteiger partial charge on any atom is -0.381 e. The first-order chi connectivity index (χ1) is 8.61. The Hall–Kier alpha value is -1.07. The lowest BCUT2D eigenvalue weighted by Gasteiger charge is -2.31. The van der Waals surface area contributed by atoms with Crippen LogP contribution in [0, 0.1) is 5.82 Å². The number of nitrogens with zero attached hydrogens (tertiary/aromatic N) is 1. The first-order valence-corrected chi connectivity index (χ1v) is 6.37. The van der Waals surface area contributed by atoms with E-state index < -0.39 is 5.82 Å². The lowest BCUT2D eigenvalue weighted by atomic mass is 10.1. The van der Waals surface area contributed by atoms with E-state index in [2.05, 4.69) is 12.6 Å². The van der Waals surface area contributed by atoms with Crippen LogP contribution in [-0.4, -0.2) is 37.1 Å². The van der Waals surface area contributed by atoms with E-state index in [0.29, 0.717) is 18.7 Å². The van der Waals surface area contributed by atoms with Crippen molar-refractivity contribution in [3.05, 3.63) is 29.6 Å². The third-order valence-electron chi connectivity index (χ3n) is 3.26. The second-order valence-electron chi connectivity index (χ2n) is 4.39. The molecule has 0 saturated carbocycles. The van der Waals surface area contributed by atoms with Gasteiger partial charge in [-0.25, -0.2) is 4.39 Å². The third kappa shape index (κ3) is 2.84. The second kappa shape index (κ2) is 5.71. The predicted octanol–water partition coefficient (Wildman–Crippen LogP) is 2.37. The lowest BCUT2D eigenvalue weighted by Crippen LogP contribution is -2.40. The maximum atomic E-state index is 13.1. The van der Waals surface area contributed by atoms with Crippen LogP contribution in [0.1, 0.15) is 23.2 Å². The van der Waals surface area contributed by atoms with Crippen molar-refractivity contribution in [2.45, 2.75) is 23.8 Å². The van der Waals surface area contributed by atoms with Crippen LogP contribution in [-0.2, 0) is 4.74 Å². The van der Waals surface area contributed by atoms with Crippen LogP contribution in [0.2, 0.25) is 0 Å². The molecule has 1 heterocycles. The van der Waals surface area contributed by atoms with Crippen molar-refractivity contribution in [2.75, 3.05) is 20.2 Å². The Morgan fingerprint density at radius 2 is 2.11 bits per heavy atom. The van der Waals surface area contributed by atoms with Crippen LogP contribution in [0.4, 0.5) is 4.39 Å². The molecule has 18 heavy (non-hydrogen) atoms. The van der Waals surface area contributed by atoms with Gasteiger partial charge in [0, 0.05) is 30.7 Å². The SMILES string of the molecule is COC1CCN(C(=O)c2ccc(F)c(S)c2)CC1. The second-order valence-corrected chi connectivity index (χ2v) is 4.88. The molecule has 1 aromatic rings. The molecular formula is C13H16FNO2S. The van der Waals surface area contributed by atoms with E-state index in [9.17, 15) is 9.18 Å². The number of methoxy groups -OCH3 is 1. The molecule has 0 spiro atoms. The first kappa shape index (κ1) is 13.4. The van der Waals surface area contributed by atoms with Crippen molar-refractivity contribution in [3.8, 4) is 0 Å². The van der Waals surface area contributed by atoms with E-state index in [4.69, 9.17) is 4.74 Å². The number of rotatable bonds is 2. The summed E-state index contributed by atoms with van der Waals surface area (Å²) in [5.74, 6) is -0.479. The molecule has 0 aliphatic carbocycles. The molecular weight excluding hydrogens is 253 g/mol. The van der Waals surface area contributed by atoms with Gasteiger partial charge in [0.1, 0.15) is 5.82 Å². The molecule has 1 aliphatic rings. The average molecular weight is 269 g/mol. The molecule has 0 aromatic heterocycles. The van der Waals surface area contributed by atoms with Crippen molar-refractivity contribution in [1.82, 2.24) is 4.90 Å². The predicted molar refractivity (Wildman–Crippen MR) is 69.6 cm³/mol. The lowest BCUT2D eigenvalue weighted by molar-refractivity contribution is 0.0350. The summed E-state index contributed by atoms with van der Waals surface area (Å²) in [6.45, 7) is 1.35. The number of thiol groups is 1. The number of amides is 1. The van der Waals surface area contributed by atoms with Crippen molar-refractivity contribution >= 4 is 18.5 Å². The largest absolute Gasteiger partial charge is 0.381 e. The third-order valence-corrected chi connectivity index (χ3v) is 3.60. The molecule has 1 aliphatic heterocycles. The van der Waals surface area contributed by atoms with Gasteiger partial charge in [0.15, 0.2) is 0 Å². The van der Waals surface area contributed by atoms with E-state index in [1.807, 2.05) is 0 Å². The van der Waals surface area contributed by atoms with E-state index in [-0.39, 0.29) is 16.9 Å². The summed E-state index contributed by atoms with van der Waals surface area (Å²) < 4.78 is 18.3. The zero-order valence-electron chi connectivity index (χ0n) is 10.2. The van der Waals surface area contributed by atoms with Crippen LogP contribution in [0.5, 0.6) is 0 Å². The molecule has 5 heteroatoms. The summed E-state index contributed by atoms with van der Waals surface area (Å²) in [7, 11) is 1.69. The van der Waals surface area contributed by atoms with Crippen LogP contribution in [0.15, 0.2) is 23.1 Å². The Morgan fingerprint density at radius 1 is 1.44 bits per heavy atom. The van der Waals surface area contributed by atoms with Crippen LogP contribution >= 0.6 is 12.6 Å². The molecule has 0 unspecified atom stereocenters. The smallest absolute Gasteiger partial charge is 0.253 e. The fourth-order valence-electron chi connectivity index (χ4n) is 2.12. The topological polar surface area (TPSA) is 29.5 Å². The summed E-state index contributed by atoms with van der Waals surface area (Å²) in [5, 5.41) is 0. The number of hydrogen-bond donors (Lipinski definition) is 1. The minimum absolute atomic E-state index is 0.0696. The Balaban J connectivity index is 2.05. The Morgan fingerprint density at radius 3 is 2.67 bits per heavy atom. The first-order valence-electron chi connectivity index (χ1n) is 5.92. The van der Waals surface area contributed by atoms with Crippen LogP contribution in [0.25, 0.3) is 0 Å². The van der Waals surface area contributed by atoms with Crippen molar-refractivity contribution < 1.29 is 13.9 Å². The molecule has 1 amide bonds. The van der Waals surface area contributed by atoms with E-state index >= 15 is 0 Å². The number of carbonyl (C=O) groups is 1. The van der Waals surface area contributed by atoms with E-state index in [0.717, 1.165) is 12.8 Å². The maximum absolute atomic E-state index is 13.1. The summed E-state index contributed by atoms with van der Waals surface area (Å²) in [4.78, 5) is 14.2. The molecule has 0 N–H and O–H groups in total. The van der Waals surface area contributed by atoms with E-state index in [1.165, 1.54) is 18.2 Å². The Labute approximate surface area is 111 Å². The molecule has 1 saturated heterocycles. The molecule has 2 rings (SSSR count). The highest BCUT2D eigenvalue weighted by molar-refractivity contribution is 7.80. The number of hydrogen-bond acceptors (Lipinski definition) is 3. The van der Waals surface area contributed by atoms with Gasteiger partial charge in [0.2, 0.25) is 0 Å². The molecule has 0 atom stereocenters. The summed E-state index contributed by atoms with van der Waals surface area (Å²) in [5.41, 5.74) is 0.484. The van der Waals surface area contributed by atoms with Gasteiger partial charge in [-0.1, -0.05) is 0 Å². The van der Waals surface area contributed by atoms with Gasteiger partial charge in [-0.15, -0.1) is 12.6 Å². The van der Waals surface area contributed by atoms with Gasteiger partial charge in [0.25, 0.3) is 5.91 Å². The molecule has 0 radical (unpaired) electrons. The standard InChI is InChI=1S/C13H16FNO2S/c1-17-10-4-6-15(7-5-10)13(16)9-2-3-11(14)12(18)8-9/h2-3,8,10,18H,4-7H2,1H3. The number of halogens is 1. The van der Waals surface area contributed by atoms with Gasteiger partial charge < -0.3 is 9.64 Å². The number of piperidine rings is 1. The zero-order valence-corrected chi connectivity index (χ0v) is 11.1. The highest BCUT2D eigenvalue weighted by Crippen LogP contribution is 2.19. The molecule has 0 bridgehead atoms. The van der Waals surface area contributed by atoms with Crippen molar-refractivity contribution in [1.29, 1.82) is 0 Å².